The van der Waals surface area contributed by atoms with E-state index in [1.807, 2.05) is 26.0 Å². The van der Waals surface area contributed by atoms with Gasteiger partial charge in [-0.05, 0) is 23.6 Å². The van der Waals surface area contributed by atoms with Gasteiger partial charge >= 0.3 is 0 Å². The maximum Gasteiger partial charge on any atom is 0.265 e. The van der Waals surface area contributed by atoms with Crippen molar-refractivity contribution in [1.29, 1.82) is 0 Å². The van der Waals surface area contributed by atoms with Crippen molar-refractivity contribution in [2.24, 2.45) is 5.73 Å². The molecular formula is C19H18N2O4. The van der Waals surface area contributed by atoms with Crippen LogP contribution < -0.4 is 15.8 Å². The summed E-state index contributed by atoms with van der Waals surface area (Å²) in [7, 11) is 0. The Balaban J connectivity index is 1.95. The van der Waals surface area contributed by atoms with Gasteiger partial charge in [0.1, 0.15) is 5.75 Å². The molecule has 4 rings (SSSR count). The third-order valence-electron chi connectivity index (χ3n) is 5.12. The first-order valence-electron chi connectivity index (χ1n) is 8.07. The normalized spacial score (nSPS) is 26.0. The van der Waals surface area contributed by atoms with Crippen LogP contribution in [0.3, 0.4) is 0 Å². The summed E-state index contributed by atoms with van der Waals surface area (Å²) in [6, 6.07) is 10.2. The second-order valence-electron chi connectivity index (χ2n) is 6.78. The van der Waals surface area contributed by atoms with Gasteiger partial charge in [-0.3, -0.25) is 9.59 Å². The maximum atomic E-state index is 13.2. The number of nitrogens with two attached hydrogens (primary N) is 1. The molecule has 0 bridgehead atoms. The molecule has 0 saturated carbocycles. The van der Waals surface area contributed by atoms with Crippen LogP contribution in [0.15, 0.2) is 36.4 Å². The van der Waals surface area contributed by atoms with E-state index < -0.39 is 17.1 Å². The van der Waals surface area contributed by atoms with Crippen LogP contribution in [-0.4, -0.2) is 17.3 Å². The molecule has 4 N–H and O–H groups in total. The van der Waals surface area contributed by atoms with Gasteiger partial charge in [-0.15, -0.1) is 0 Å². The number of benzene rings is 2. The molecule has 0 fully saturated rings. The predicted molar refractivity (Wildman–Crippen MR) is 91.4 cm³/mol. The number of anilines is 1. The van der Waals surface area contributed by atoms with Crippen LogP contribution in [0, 0.1) is 0 Å². The van der Waals surface area contributed by atoms with Gasteiger partial charge in [-0.25, -0.2) is 0 Å². The molecule has 0 saturated heterocycles. The van der Waals surface area contributed by atoms with E-state index in [1.54, 1.807) is 24.3 Å². The Kier molecular flexibility index (Phi) is 3.10. The average molecular weight is 338 g/mol. The zero-order valence-corrected chi connectivity index (χ0v) is 13.9. The highest BCUT2D eigenvalue weighted by molar-refractivity contribution is 6.14. The largest absolute Gasteiger partial charge is 0.455 e. The molecular weight excluding hydrogens is 320 g/mol. The summed E-state index contributed by atoms with van der Waals surface area (Å²) in [6.45, 7) is 4.09. The summed E-state index contributed by atoms with van der Waals surface area (Å²) in [5.74, 6) is -1.81. The number of hydrogen-bond acceptors (Lipinski definition) is 5. The molecule has 1 heterocycles. The SMILES string of the molecule is CC(C)c1ccc2c(c1)OC1(O)c3cccc(NC=O)c3C(=O)C21N. The molecule has 1 aliphatic heterocycles. The molecule has 1 aliphatic carbocycles. The lowest BCUT2D eigenvalue weighted by Gasteiger charge is -2.29. The Morgan fingerprint density at radius 1 is 1.24 bits per heavy atom. The molecule has 2 aliphatic rings. The Hall–Kier alpha value is -2.70. The summed E-state index contributed by atoms with van der Waals surface area (Å²) in [5, 5.41) is 13.8. The van der Waals surface area contributed by atoms with Crippen molar-refractivity contribution in [1.82, 2.24) is 0 Å². The number of fused-ring (bicyclic) bond motifs is 5. The Morgan fingerprint density at radius 3 is 2.68 bits per heavy atom. The first-order valence-corrected chi connectivity index (χ1v) is 8.07. The first kappa shape index (κ1) is 15.8. The van der Waals surface area contributed by atoms with Gasteiger partial charge in [0.2, 0.25) is 6.41 Å². The highest BCUT2D eigenvalue weighted by Crippen LogP contribution is 2.57. The molecule has 2 atom stereocenters. The minimum Gasteiger partial charge on any atom is -0.455 e. The molecule has 2 aromatic carbocycles. The van der Waals surface area contributed by atoms with Crippen LogP contribution in [0.25, 0.3) is 0 Å². The van der Waals surface area contributed by atoms with Crippen molar-refractivity contribution in [2.45, 2.75) is 31.1 Å². The standard InChI is InChI=1S/C19H18N2O4/c1-10(2)11-6-7-12-15(8-11)25-19(24)13-4-3-5-14(21-9-22)16(13)17(23)18(12,19)20/h3-10,24H,20H2,1-2H3,(H,21,22). The Morgan fingerprint density at radius 2 is 2.00 bits per heavy atom. The average Bonchev–Trinajstić information content (AvgIpc) is 2.91. The number of ketones is 1. The number of Topliss-reactive ketones (excluding diaryl/α,β-unsaturated/α-hetero) is 1. The molecule has 2 unspecified atom stereocenters. The number of rotatable bonds is 3. The van der Waals surface area contributed by atoms with Crippen LogP contribution >= 0.6 is 0 Å². The summed E-state index contributed by atoms with van der Waals surface area (Å²) in [4.78, 5) is 24.0. The van der Waals surface area contributed by atoms with Crippen LogP contribution in [0.2, 0.25) is 0 Å². The minimum absolute atomic E-state index is 0.179. The van der Waals surface area contributed by atoms with Gasteiger partial charge in [-0.2, -0.15) is 0 Å². The summed E-state index contributed by atoms with van der Waals surface area (Å²) in [5.41, 5.74) is 6.91. The van der Waals surface area contributed by atoms with Gasteiger partial charge < -0.3 is 20.9 Å². The Labute approximate surface area is 144 Å². The van der Waals surface area contributed by atoms with E-state index in [0.29, 0.717) is 23.4 Å². The molecule has 6 heteroatoms. The second kappa shape index (κ2) is 4.91. The summed E-state index contributed by atoms with van der Waals surface area (Å²) in [6.07, 6.45) is 0.480. The molecule has 1 amide bonds. The first-order chi connectivity index (χ1) is 11.8. The smallest absolute Gasteiger partial charge is 0.265 e. The van der Waals surface area contributed by atoms with Crippen LogP contribution in [0.1, 0.15) is 46.8 Å². The number of carbonyl (C=O) groups excluding carboxylic acids is 2. The van der Waals surface area contributed by atoms with Crippen molar-refractivity contribution in [3.8, 4) is 5.75 Å². The molecule has 2 aromatic rings. The lowest BCUT2D eigenvalue weighted by Crippen LogP contribution is -2.55. The van der Waals surface area contributed by atoms with Crippen LogP contribution in [0.5, 0.6) is 5.75 Å². The van der Waals surface area contributed by atoms with Gasteiger partial charge in [0.05, 0.1) is 11.3 Å². The molecule has 0 spiro atoms. The molecule has 6 nitrogen and oxygen atoms in total. The van der Waals surface area contributed by atoms with E-state index in [2.05, 4.69) is 5.32 Å². The molecule has 128 valence electrons. The Bertz CT molecular complexity index is 924. The quantitative estimate of drug-likeness (QED) is 0.743. The van der Waals surface area contributed by atoms with Gasteiger partial charge in [-0.1, -0.05) is 38.1 Å². The fourth-order valence-electron chi connectivity index (χ4n) is 3.73. The van der Waals surface area contributed by atoms with Crippen molar-refractivity contribution < 1.29 is 19.4 Å². The van der Waals surface area contributed by atoms with Gasteiger partial charge in [0.25, 0.3) is 5.79 Å². The van der Waals surface area contributed by atoms with Crippen molar-refractivity contribution >= 4 is 17.9 Å². The molecule has 25 heavy (non-hydrogen) atoms. The number of aliphatic hydroxyl groups is 1. The van der Waals surface area contributed by atoms with Crippen molar-refractivity contribution in [3.63, 3.8) is 0 Å². The fraction of sp³-hybridized carbons (Fsp3) is 0.263. The highest BCUT2D eigenvalue weighted by Gasteiger charge is 2.69. The third kappa shape index (κ3) is 1.75. The van der Waals surface area contributed by atoms with E-state index in [9.17, 15) is 14.7 Å². The highest BCUT2D eigenvalue weighted by atomic mass is 16.6. The van der Waals surface area contributed by atoms with E-state index in [-0.39, 0.29) is 17.0 Å². The van der Waals surface area contributed by atoms with Crippen molar-refractivity contribution in [3.05, 3.63) is 58.7 Å². The monoisotopic (exact) mass is 338 g/mol. The number of nitrogens with one attached hydrogen (secondary N) is 1. The zero-order valence-electron chi connectivity index (χ0n) is 13.9. The van der Waals surface area contributed by atoms with E-state index >= 15 is 0 Å². The number of amides is 1. The summed E-state index contributed by atoms with van der Waals surface area (Å²) >= 11 is 0. The van der Waals surface area contributed by atoms with E-state index in [1.165, 1.54) is 0 Å². The lowest BCUT2D eigenvalue weighted by molar-refractivity contribution is -0.162. The number of ether oxygens (including phenoxy) is 1. The van der Waals surface area contributed by atoms with Gasteiger partial charge in [0, 0.05) is 11.1 Å². The minimum atomic E-state index is -2.00. The van der Waals surface area contributed by atoms with E-state index in [0.717, 1.165) is 5.56 Å². The predicted octanol–water partition coefficient (Wildman–Crippen LogP) is 1.97. The van der Waals surface area contributed by atoms with E-state index in [4.69, 9.17) is 10.5 Å². The summed E-state index contributed by atoms with van der Waals surface area (Å²) < 4.78 is 5.84. The molecule has 0 aromatic heterocycles. The zero-order chi connectivity index (χ0) is 18.0. The third-order valence-corrected chi connectivity index (χ3v) is 5.12. The topological polar surface area (TPSA) is 102 Å². The number of carbonyl (C=O) groups is 2. The van der Waals surface area contributed by atoms with Crippen molar-refractivity contribution in [2.75, 3.05) is 5.32 Å². The van der Waals surface area contributed by atoms with Crippen LogP contribution in [-0.2, 0) is 16.1 Å². The lowest BCUT2D eigenvalue weighted by atomic mass is 9.83. The maximum absolute atomic E-state index is 13.2. The number of hydrogen-bond donors (Lipinski definition) is 3. The van der Waals surface area contributed by atoms with Crippen LogP contribution in [0.4, 0.5) is 5.69 Å². The second-order valence-corrected chi connectivity index (χ2v) is 6.78. The fourth-order valence-corrected chi connectivity index (χ4v) is 3.73. The molecule has 0 radical (unpaired) electrons. The van der Waals surface area contributed by atoms with Gasteiger partial charge in [0.15, 0.2) is 11.3 Å².